The summed E-state index contributed by atoms with van der Waals surface area (Å²) in [6.45, 7) is 7.19. The molecule has 0 bridgehead atoms. The van der Waals surface area contributed by atoms with Crippen molar-refractivity contribution in [3.63, 3.8) is 0 Å². The maximum absolute atomic E-state index is 14.3. The van der Waals surface area contributed by atoms with Gasteiger partial charge in [0, 0.05) is 62.8 Å². The predicted molar refractivity (Wildman–Crippen MR) is 238 cm³/mol. The lowest BCUT2D eigenvalue weighted by Gasteiger charge is -2.43. The topological polar surface area (TPSA) is 242 Å². The molecule has 64 heavy (non-hydrogen) atoms. The standard InChI is InChI=1S/C22H28N2O5.C15H15ClFN3O3S2.C3H8NO5P/c1-21(2)14-22(3,26-5)29-19-13-17(11-12-18(19)21)28-16-9-7-15(8-10-16)23-20(25)24(4)27-6;1-23-13(21)8-24-12-7-11(10(17)6-9(12)16)18-14-19-4-2-3-5-20(19)15(22)25-14;5-3(6)1-4-2-10(7,8)9/h7-13H,14H2,1-6H3,(H,23,25);6-7H,2-5,8H2,1H3;4H,1-2H2,(H,5,6)(H2,7,8,9). The molecule has 0 aliphatic carbocycles. The number of carboxylic acids is 1. The number of thioether (sulfide) groups is 1. The van der Waals surface area contributed by atoms with E-state index in [4.69, 9.17) is 45.5 Å². The summed E-state index contributed by atoms with van der Waals surface area (Å²) in [6.07, 6.45) is 2.06. The molecule has 1 unspecified atom stereocenters. The summed E-state index contributed by atoms with van der Waals surface area (Å²) < 4.78 is 50.0. The molecular weight excluding hydrogens is 922 g/mol. The van der Waals surface area contributed by atoms with Gasteiger partial charge in [0.05, 0.1) is 37.8 Å². The van der Waals surface area contributed by atoms with Crippen molar-refractivity contribution in [3.05, 3.63) is 85.5 Å². The highest BCUT2D eigenvalue weighted by molar-refractivity contribution is 8.00. The van der Waals surface area contributed by atoms with Gasteiger partial charge in [0.25, 0.3) is 0 Å². The van der Waals surface area contributed by atoms with Crippen LogP contribution in [0.2, 0.25) is 5.02 Å². The number of hydrogen-bond donors (Lipinski definition) is 5. The van der Waals surface area contributed by atoms with E-state index in [1.165, 1.54) is 27.3 Å². The number of fused-ring (bicyclic) bond motifs is 2. The monoisotopic (exact) mass is 972 g/mol. The largest absolute Gasteiger partial charge is 0.480 e. The number of rotatable bonds is 13. The number of aromatic nitrogens is 2. The highest BCUT2D eigenvalue weighted by atomic mass is 35.5. The number of benzene rings is 3. The summed E-state index contributed by atoms with van der Waals surface area (Å²) in [4.78, 5) is 71.3. The van der Waals surface area contributed by atoms with E-state index in [2.05, 4.69) is 34.2 Å². The maximum Gasteiger partial charge on any atom is 0.345 e. The first-order valence-electron chi connectivity index (χ1n) is 19.3. The Hall–Kier alpha value is -4.77. The van der Waals surface area contributed by atoms with Gasteiger partial charge in [0.2, 0.25) is 10.6 Å². The van der Waals surface area contributed by atoms with Crippen molar-refractivity contribution in [1.29, 1.82) is 0 Å². The molecule has 4 aromatic rings. The van der Waals surface area contributed by atoms with Gasteiger partial charge in [0.1, 0.15) is 28.8 Å². The Morgan fingerprint density at radius 1 is 1.03 bits per heavy atom. The molecule has 6 rings (SSSR count). The summed E-state index contributed by atoms with van der Waals surface area (Å²) in [5.41, 5.74) is 1.77. The van der Waals surface area contributed by atoms with E-state index < -0.39 is 44.0 Å². The average Bonchev–Trinajstić information content (AvgIpc) is 3.55. The average molecular weight is 973 g/mol. The molecule has 2 aliphatic rings. The number of amides is 2. The van der Waals surface area contributed by atoms with E-state index in [-0.39, 0.29) is 32.8 Å². The van der Waals surface area contributed by atoms with E-state index in [1.807, 2.05) is 25.1 Å². The second kappa shape index (κ2) is 22.9. The molecule has 2 amide bonds. The molecule has 0 saturated heterocycles. The predicted octanol–water partition coefficient (Wildman–Crippen LogP) is 6.52. The van der Waals surface area contributed by atoms with E-state index in [1.54, 1.807) is 40.7 Å². The lowest BCUT2D eigenvalue weighted by molar-refractivity contribution is -0.172. The first-order valence-corrected chi connectivity index (χ1v) is 23.3. The third-order valence-electron chi connectivity index (χ3n) is 9.38. The van der Waals surface area contributed by atoms with Gasteiger partial charge in [0.15, 0.2) is 0 Å². The first kappa shape index (κ1) is 51.9. The van der Waals surface area contributed by atoms with Crippen LogP contribution in [0.1, 0.15) is 45.6 Å². The van der Waals surface area contributed by atoms with E-state index in [0.717, 1.165) is 64.8 Å². The number of halogens is 2. The molecule has 3 heterocycles. The fourth-order valence-corrected chi connectivity index (χ4v) is 8.65. The number of carbonyl (C=O) groups is 3. The number of nitrogens with one attached hydrogen (secondary N) is 2. The Balaban J connectivity index is 0.000000234. The van der Waals surface area contributed by atoms with Crippen molar-refractivity contribution in [2.45, 2.75) is 69.2 Å². The van der Waals surface area contributed by atoms with Crippen LogP contribution < -0.4 is 29.8 Å². The Morgan fingerprint density at radius 3 is 2.30 bits per heavy atom. The molecule has 3 aromatic carbocycles. The number of hydroxylamine groups is 2. The van der Waals surface area contributed by atoms with Crippen LogP contribution in [0.15, 0.2) is 69.3 Å². The van der Waals surface area contributed by atoms with Gasteiger partial charge in [-0.05, 0) is 72.1 Å². The van der Waals surface area contributed by atoms with Crippen LogP contribution in [0.5, 0.6) is 17.2 Å². The van der Waals surface area contributed by atoms with Gasteiger partial charge in [-0.3, -0.25) is 33.8 Å². The van der Waals surface area contributed by atoms with Crippen LogP contribution in [-0.4, -0.2) is 100 Å². The fraction of sp³-hybridized carbons (Fsp3) is 0.425. The summed E-state index contributed by atoms with van der Waals surface area (Å²) >= 11 is 8.17. The van der Waals surface area contributed by atoms with Gasteiger partial charge in [-0.25, -0.2) is 23.9 Å². The van der Waals surface area contributed by atoms with Crippen molar-refractivity contribution < 1.29 is 62.0 Å². The summed E-state index contributed by atoms with van der Waals surface area (Å²) in [7, 11) is 1.81. The second-order valence-electron chi connectivity index (χ2n) is 14.9. The number of ether oxygens (including phenoxy) is 4. The number of carboxylic acid groups (broad SMARTS) is 1. The van der Waals surface area contributed by atoms with Gasteiger partial charge >= 0.3 is 30.4 Å². The minimum absolute atomic E-state index is 0.0605. The van der Waals surface area contributed by atoms with Crippen LogP contribution in [0.25, 0.3) is 0 Å². The molecule has 0 spiro atoms. The number of aliphatic carboxylic acids is 1. The Kier molecular flexibility index (Phi) is 18.6. The van der Waals surface area contributed by atoms with Crippen molar-refractivity contribution in [3.8, 4) is 17.2 Å². The Morgan fingerprint density at radius 2 is 1.69 bits per heavy atom. The van der Waals surface area contributed by atoms with Crippen LogP contribution in [0.3, 0.4) is 0 Å². The molecule has 24 heteroatoms. The quantitative estimate of drug-likeness (QED) is 0.0415. The van der Waals surface area contributed by atoms with E-state index in [0.29, 0.717) is 40.0 Å². The molecule has 0 radical (unpaired) electrons. The number of methoxy groups -OCH3 is 2. The number of esters is 1. The van der Waals surface area contributed by atoms with Gasteiger partial charge in [-0.2, -0.15) is 0 Å². The molecule has 350 valence electrons. The van der Waals surface area contributed by atoms with Crippen molar-refractivity contribution in [2.24, 2.45) is 4.99 Å². The first-order chi connectivity index (χ1) is 30.1. The summed E-state index contributed by atoms with van der Waals surface area (Å²) in [5.74, 6) is -0.677. The number of carbonyl (C=O) groups excluding carboxylic acids is 2. The zero-order chi connectivity index (χ0) is 47.4. The third-order valence-corrected chi connectivity index (χ3v) is 12.3. The lowest BCUT2D eigenvalue weighted by Crippen LogP contribution is -2.45. The van der Waals surface area contributed by atoms with E-state index >= 15 is 0 Å². The van der Waals surface area contributed by atoms with Crippen molar-refractivity contribution in [2.75, 3.05) is 52.3 Å². The smallest absolute Gasteiger partial charge is 0.345 e. The second-order valence-corrected chi connectivity index (χ2v) is 18.8. The van der Waals surface area contributed by atoms with E-state index in [9.17, 15) is 28.1 Å². The van der Waals surface area contributed by atoms with Crippen molar-refractivity contribution >= 4 is 71.6 Å². The molecule has 19 nitrogen and oxygen atoms in total. The SMILES string of the molecule is COC(=O)CSc1cc(N=c2sc(=O)n3n2CCCC3)c(F)cc1Cl.CON(C)C(=O)Nc1ccc(Oc2ccc3c(c2)OC(C)(OC)CC3(C)C)cc1.O=C(O)CNCP(=O)(O)O. The Labute approximate surface area is 381 Å². The lowest BCUT2D eigenvalue weighted by atomic mass is 9.76. The maximum atomic E-state index is 14.3. The van der Waals surface area contributed by atoms with Crippen LogP contribution >= 0.6 is 42.3 Å². The van der Waals surface area contributed by atoms with Gasteiger partial charge in [-0.1, -0.05) is 31.5 Å². The van der Waals surface area contributed by atoms with Gasteiger partial charge in [-0.15, -0.1) is 11.8 Å². The summed E-state index contributed by atoms with van der Waals surface area (Å²) in [5, 5.41) is 14.1. The molecule has 1 atom stereocenters. The molecule has 1 aromatic heterocycles. The zero-order valence-electron chi connectivity index (χ0n) is 36.1. The van der Waals surface area contributed by atoms with Crippen molar-refractivity contribution in [1.82, 2.24) is 19.7 Å². The minimum atomic E-state index is -4.10. The fourth-order valence-electron chi connectivity index (χ4n) is 6.26. The summed E-state index contributed by atoms with van der Waals surface area (Å²) in [6, 6.07) is 15.2. The number of nitrogens with zero attached hydrogens (tertiary/aromatic N) is 4. The highest BCUT2D eigenvalue weighted by Gasteiger charge is 2.42. The molecule has 0 fully saturated rings. The minimum Gasteiger partial charge on any atom is -0.480 e. The molecule has 2 aliphatic heterocycles. The number of anilines is 1. The third kappa shape index (κ3) is 15.2. The Bertz CT molecular complexity index is 2460. The van der Waals surface area contributed by atoms with Crippen LogP contribution in [0.4, 0.5) is 20.6 Å². The molecule has 0 saturated carbocycles. The normalized spacial score (nSPS) is 16.3. The zero-order valence-corrected chi connectivity index (χ0v) is 39.4. The van der Waals surface area contributed by atoms with Crippen LogP contribution in [0, 0.1) is 5.82 Å². The number of urea groups is 1. The molecular formula is C40H51ClFN6O13PS2. The van der Waals surface area contributed by atoms with Gasteiger partial charge < -0.3 is 39.2 Å². The number of hydrogen-bond acceptors (Lipinski definition) is 14. The molecule has 5 N–H and O–H groups in total. The highest BCUT2D eigenvalue weighted by Crippen LogP contribution is 2.46. The van der Waals surface area contributed by atoms with Crippen LogP contribution in [-0.2, 0) is 47.0 Å².